The van der Waals surface area contributed by atoms with Crippen LogP contribution < -0.4 is 11.3 Å². The van der Waals surface area contributed by atoms with Crippen molar-refractivity contribution in [2.24, 2.45) is 5.84 Å². The molecule has 1 heterocycles. The number of nitrogens with one attached hydrogen (secondary N) is 1. The molecule has 0 atom stereocenters. The third-order valence-corrected chi connectivity index (χ3v) is 2.40. The number of hydrazine groups is 1. The van der Waals surface area contributed by atoms with E-state index < -0.39 is 0 Å². The first-order valence-corrected chi connectivity index (χ1v) is 5.36. The van der Waals surface area contributed by atoms with Gasteiger partial charge in [0.25, 0.3) is 5.91 Å². The van der Waals surface area contributed by atoms with E-state index >= 15 is 0 Å². The molecule has 0 aromatic carbocycles. The third-order valence-electron chi connectivity index (χ3n) is 2.40. The Hall–Kier alpha value is -1.62. The highest BCUT2D eigenvalue weighted by Gasteiger charge is 2.13. The van der Waals surface area contributed by atoms with E-state index in [1.54, 1.807) is 17.0 Å². The molecule has 0 unspecified atom stereocenters. The molecule has 0 spiro atoms. The van der Waals surface area contributed by atoms with Crippen LogP contribution in [0, 0.1) is 6.92 Å². The van der Waals surface area contributed by atoms with Gasteiger partial charge < -0.3 is 10.3 Å². The van der Waals surface area contributed by atoms with Gasteiger partial charge in [0, 0.05) is 24.3 Å². The number of aryl methyl sites for hydroxylation is 1. The lowest BCUT2D eigenvalue weighted by atomic mass is 10.2. The molecule has 5 nitrogen and oxygen atoms in total. The molecule has 16 heavy (non-hydrogen) atoms. The number of nitrogen functional groups attached to an aromatic ring is 1. The van der Waals surface area contributed by atoms with E-state index in [-0.39, 0.29) is 5.91 Å². The van der Waals surface area contributed by atoms with Gasteiger partial charge in [0.1, 0.15) is 5.82 Å². The fourth-order valence-corrected chi connectivity index (χ4v) is 1.56. The van der Waals surface area contributed by atoms with Gasteiger partial charge in [-0.05, 0) is 32.9 Å². The lowest BCUT2D eigenvalue weighted by Crippen LogP contribution is -2.30. The highest BCUT2D eigenvalue weighted by Crippen LogP contribution is 2.11. The zero-order valence-electron chi connectivity index (χ0n) is 9.95. The lowest BCUT2D eigenvalue weighted by Gasteiger charge is -2.19. The second-order valence-corrected chi connectivity index (χ2v) is 3.50. The van der Waals surface area contributed by atoms with Crippen LogP contribution in [0.1, 0.15) is 29.9 Å². The fraction of sp³-hybridized carbons (Fsp3) is 0.455. The van der Waals surface area contributed by atoms with E-state index in [1.165, 1.54) is 0 Å². The maximum absolute atomic E-state index is 12.1. The zero-order chi connectivity index (χ0) is 12.1. The van der Waals surface area contributed by atoms with Gasteiger partial charge >= 0.3 is 0 Å². The largest absolute Gasteiger partial charge is 0.339 e. The molecule has 0 aliphatic rings. The number of rotatable bonds is 4. The highest BCUT2D eigenvalue weighted by atomic mass is 16.2. The number of aromatic nitrogens is 1. The first kappa shape index (κ1) is 12.4. The molecule has 0 bridgehead atoms. The molecule has 3 N–H and O–H groups in total. The van der Waals surface area contributed by atoms with Crippen molar-refractivity contribution in [2.75, 3.05) is 18.5 Å². The molecule has 1 aromatic heterocycles. The minimum absolute atomic E-state index is 0.00648. The summed E-state index contributed by atoms with van der Waals surface area (Å²) in [6, 6.07) is 3.43. The quantitative estimate of drug-likeness (QED) is 0.592. The maximum atomic E-state index is 12.1. The normalized spacial score (nSPS) is 10.0. The van der Waals surface area contributed by atoms with Crippen LogP contribution in [0.2, 0.25) is 0 Å². The van der Waals surface area contributed by atoms with Gasteiger partial charge in [-0.15, -0.1) is 0 Å². The molecule has 5 heteroatoms. The molecular weight excluding hydrogens is 204 g/mol. The Morgan fingerprint density at radius 1 is 1.44 bits per heavy atom. The van der Waals surface area contributed by atoms with Crippen molar-refractivity contribution in [3.63, 3.8) is 0 Å². The molecule has 0 aliphatic carbocycles. The summed E-state index contributed by atoms with van der Waals surface area (Å²) in [5, 5.41) is 0. The number of anilines is 1. The van der Waals surface area contributed by atoms with Crippen LogP contribution in [0.3, 0.4) is 0 Å². The van der Waals surface area contributed by atoms with Crippen LogP contribution in [-0.2, 0) is 0 Å². The molecule has 0 saturated heterocycles. The summed E-state index contributed by atoms with van der Waals surface area (Å²) in [4.78, 5) is 18.0. The van der Waals surface area contributed by atoms with Gasteiger partial charge in [0.05, 0.1) is 0 Å². The summed E-state index contributed by atoms with van der Waals surface area (Å²) in [5.74, 6) is 5.81. The third kappa shape index (κ3) is 2.70. The van der Waals surface area contributed by atoms with Crippen molar-refractivity contribution in [3.8, 4) is 0 Å². The molecule has 0 fully saturated rings. The standard InChI is InChI=1S/C11H18N4O/c1-4-15(5-2)11(16)9-6-8(3)13-10(7-9)14-12/h6-7H,4-5,12H2,1-3H3,(H,13,14). The Labute approximate surface area is 95.6 Å². The highest BCUT2D eigenvalue weighted by molar-refractivity contribution is 5.95. The first-order chi connectivity index (χ1) is 7.62. The first-order valence-electron chi connectivity index (χ1n) is 5.36. The number of nitrogens with two attached hydrogens (primary N) is 1. The monoisotopic (exact) mass is 222 g/mol. The van der Waals surface area contributed by atoms with Crippen molar-refractivity contribution in [1.82, 2.24) is 9.88 Å². The number of carbonyl (C=O) groups excluding carboxylic acids is 1. The minimum Gasteiger partial charge on any atom is -0.339 e. The predicted octanol–water partition coefficient (Wildman–Crippen LogP) is 1.16. The van der Waals surface area contributed by atoms with Crippen molar-refractivity contribution in [3.05, 3.63) is 23.4 Å². The van der Waals surface area contributed by atoms with Gasteiger partial charge in [-0.25, -0.2) is 10.8 Å². The van der Waals surface area contributed by atoms with E-state index in [0.717, 1.165) is 5.69 Å². The molecule has 0 saturated carbocycles. The van der Waals surface area contributed by atoms with Gasteiger partial charge in [-0.2, -0.15) is 0 Å². The second kappa shape index (κ2) is 5.46. The Morgan fingerprint density at radius 3 is 2.56 bits per heavy atom. The fourth-order valence-electron chi connectivity index (χ4n) is 1.56. The average molecular weight is 222 g/mol. The molecule has 0 aliphatic heterocycles. The molecule has 1 rings (SSSR count). The Balaban J connectivity index is 3.03. The summed E-state index contributed by atoms with van der Waals surface area (Å²) >= 11 is 0. The Bertz CT molecular complexity index is 374. The minimum atomic E-state index is 0.00648. The van der Waals surface area contributed by atoms with Crippen LogP contribution >= 0.6 is 0 Å². The second-order valence-electron chi connectivity index (χ2n) is 3.50. The number of carbonyl (C=O) groups is 1. The van der Waals surface area contributed by atoms with Crippen LogP contribution in [-0.4, -0.2) is 28.9 Å². The van der Waals surface area contributed by atoms with Crippen LogP contribution in [0.25, 0.3) is 0 Å². The predicted molar refractivity (Wildman–Crippen MR) is 64.0 cm³/mol. The lowest BCUT2D eigenvalue weighted by molar-refractivity contribution is 0.0773. The zero-order valence-corrected chi connectivity index (χ0v) is 9.95. The number of hydrogen-bond acceptors (Lipinski definition) is 4. The summed E-state index contributed by atoms with van der Waals surface area (Å²) < 4.78 is 0. The van der Waals surface area contributed by atoms with Gasteiger partial charge in [-0.3, -0.25) is 4.79 Å². The van der Waals surface area contributed by atoms with Gasteiger partial charge in [0.15, 0.2) is 0 Å². The topological polar surface area (TPSA) is 71.2 Å². The summed E-state index contributed by atoms with van der Waals surface area (Å²) in [5.41, 5.74) is 3.84. The smallest absolute Gasteiger partial charge is 0.254 e. The van der Waals surface area contributed by atoms with E-state index in [1.807, 2.05) is 20.8 Å². The molecule has 0 radical (unpaired) electrons. The van der Waals surface area contributed by atoms with Crippen LogP contribution in [0.15, 0.2) is 12.1 Å². The van der Waals surface area contributed by atoms with E-state index in [9.17, 15) is 4.79 Å². The van der Waals surface area contributed by atoms with Crippen molar-refractivity contribution >= 4 is 11.7 Å². The molecule has 88 valence electrons. The molecule has 1 amide bonds. The van der Waals surface area contributed by atoms with Crippen LogP contribution in [0.5, 0.6) is 0 Å². The summed E-state index contributed by atoms with van der Waals surface area (Å²) in [6.07, 6.45) is 0. The number of hydrogen-bond donors (Lipinski definition) is 2. The SMILES string of the molecule is CCN(CC)C(=O)c1cc(C)nc(NN)c1. The van der Waals surface area contributed by atoms with E-state index in [0.29, 0.717) is 24.5 Å². The van der Waals surface area contributed by atoms with Crippen LogP contribution in [0.4, 0.5) is 5.82 Å². The summed E-state index contributed by atoms with van der Waals surface area (Å²) in [7, 11) is 0. The number of nitrogens with zero attached hydrogens (tertiary/aromatic N) is 2. The Morgan fingerprint density at radius 2 is 2.06 bits per heavy atom. The molecule has 1 aromatic rings. The number of pyridine rings is 1. The van der Waals surface area contributed by atoms with E-state index in [2.05, 4.69) is 10.4 Å². The average Bonchev–Trinajstić information content (AvgIpc) is 2.29. The van der Waals surface area contributed by atoms with Gasteiger partial charge in [0.2, 0.25) is 0 Å². The maximum Gasteiger partial charge on any atom is 0.254 e. The van der Waals surface area contributed by atoms with Crippen molar-refractivity contribution in [2.45, 2.75) is 20.8 Å². The van der Waals surface area contributed by atoms with E-state index in [4.69, 9.17) is 5.84 Å². The summed E-state index contributed by atoms with van der Waals surface area (Å²) in [6.45, 7) is 7.14. The van der Waals surface area contributed by atoms with Crippen molar-refractivity contribution in [1.29, 1.82) is 0 Å². The van der Waals surface area contributed by atoms with Crippen molar-refractivity contribution < 1.29 is 4.79 Å². The molecular formula is C11H18N4O. The Kier molecular flexibility index (Phi) is 4.25. The van der Waals surface area contributed by atoms with Gasteiger partial charge in [-0.1, -0.05) is 0 Å². The number of amides is 1.